The predicted octanol–water partition coefficient (Wildman–Crippen LogP) is 2.61. The van der Waals surface area contributed by atoms with E-state index in [-0.39, 0.29) is 11.8 Å². The lowest BCUT2D eigenvalue weighted by atomic mass is 10.1. The van der Waals surface area contributed by atoms with Crippen LogP contribution < -0.4 is 9.47 Å². The summed E-state index contributed by atoms with van der Waals surface area (Å²) in [7, 11) is 3.13. The number of methoxy groups -OCH3 is 2. The average Bonchev–Trinajstić information content (AvgIpc) is 2.73. The maximum Gasteiger partial charge on any atom is 0.257 e. The molecule has 0 saturated carbocycles. The first kappa shape index (κ1) is 18.8. The molecular formula is C21H24N2O4. The molecule has 2 aromatic rings. The average molecular weight is 368 g/mol. The topological polar surface area (TPSA) is 59.1 Å². The molecule has 0 atom stereocenters. The Bertz CT molecular complexity index is 828. The van der Waals surface area contributed by atoms with Crippen LogP contribution >= 0.6 is 0 Å². The van der Waals surface area contributed by atoms with E-state index in [1.54, 1.807) is 36.2 Å². The Balaban J connectivity index is 1.71. The molecule has 1 saturated heterocycles. The summed E-state index contributed by atoms with van der Waals surface area (Å²) in [4.78, 5) is 29.1. The van der Waals surface area contributed by atoms with E-state index in [9.17, 15) is 9.59 Å². The van der Waals surface area contributed by atoms with Crippen LogP contribution in [0.4, 0.5) is 0 Å². The number of rotatable bonds is 4. The van der Waals surface area contributed by atoms with Gasteiger partial charge < -0.3 is 19.3 Å². The molecule has 142 valence electrons. The Labute approximate surface area is 159 Å². The summed E-state index contributed by atoms with van der Waals surface area (Å²) >= 11 is 0. The van der Waals surface area contributed by atoms with Gasteiger partial charge in [0.25, 0.3) is 11.8 Å². The molecule has 1 heterocycles. The van der Waals surface area contributed by atoms with Crippen molar-refractivity contribution in [3.8, 4) is 11.5 Å². The SMILES string of the molecule is COc1cc(C(=O)N2CCN(C(=O)c3ccccc3)CC2)c(OC)cc1C. The molecule has 2 amide bonds. The summed E-state index contributed by atoms with van der Waals surface area (Å²) in [6.45, 7) is 3.88. The molecule has 1 aliphatic rings. The van der Waals surface area contributed by atoms with Gasteiger partial charge in [-0.3, -0.25) is 9.59 Å². The van der Waals surface area contributed by atoms with Gasteiger partial charge in [-0.25, -0.2) is 0 Å². The zero-order valence-corrected chi connectivity index (χ0v) is 15.9. The molecule has 0 N–H and O–H groups in total. The first-order valence-electron chi connectivity index (χ1n) is 8.91. The number of hydrogen-bond acceptors (Lipinski definition) is 4. The van der Waals surface area contributed by atoms with Crippen LogP contribution in [0.2, 0.25) is 0 Å². The minimum absolute atomic E-state index is 0.00251. The summed E-state index contributed by atoms with van der Waals surface area (Å²) in [5.74, 6) is 1.06. The van der Waals surface area contributed by atoms with Crippen LogP contribution in [0.3, 0.4) is 0 Å². The van der Waals surface area contributed by atoms with Crippen LogP contribution in [-0.4, -0.2) is 62.0 Å². The first-order chi connectivity index (χ1) is 13.0. The van der Waals surface area contributed by atoms with Gasteiger partial charge in [0, 0.05) is 31.7 Å². The number of nitrogens with zero attached hydrogens (tertiary/aromatic N) is 2. The second-order valence-corrected chi connectivity index (χ2v) is 6.47. The normalized spacial score (nSPS) is 14.0. The maximum absolute atomic E-state index is 13.0. The molecule has 27 heavy (non-hydrogen) atoms. The van der Waals surface area contributed by atoms with E-state index in [2.05, 4.69) is 0 Å². The van der Waals surface area contributed by atoms with E-state index in [0.29, 0.717) is 48.8 Å². The van der Waals surface area contributed by atoms with Crippen LogP contribution in [-0.2, 0) is 0 Å². The highest BCUT2D eigenvalue weighted by Crippen LogP contribution is 2.29. The van der Waals surface area contributed by atoms with Crippen molar-refractivity contribution in [2.24, 2.45) is 0 Å². The fourth-order valence-corrected chi connectivity index (χ4v) is 3.26. The number of aryl methyl sites for hydroxylation is 1. The lowest BCUT2D eigenvalue weighted by molar-refractivity contribution is 0.0533. The predicted molar refractivity (Wildman–Crippen MR) is 103 cm³/mol. The van der Waals surface area contributed by atoms with Gasteiger partial charge in [0.2, 0.25) is 0 Å². The quantitative estimate of drug-likeness (QED) is 0.832. The molecule has 0 spiro atoms. The summed E-state index contributed by atoms with van der Waals surface area (Å²) in [5.41, 5.74) is 2.05. The zero-order chi connectivity index (χ0) is 19.4. The van der Waals surface area contributed by atoms with Crippen molar-refractivity contribution in [2.45, 2.75) is 6.92 Å². The highest BCUT2D eigenvalue weighted by molar-refractivity contribution is 5.98. The van der Waals surface area contributed by atoms with Crippen molar-refractivity contribution in [1.29, 1.82) is 0 Å². The Morgan fingerprint density at radius 1 is 0.815 bits per heavy atom. The molecule has 0 bridgehead atoms. The number of carbonyl (C=O) groups is 2. The molecule has 0 aliphatic carbocycles. The molecule has 3 rings (SSSR count). The van der Waals surface area contributed by atoms with Gasteiger partial charge in [-0.15, -0.1) is 0 Å². The summed E-state index contributed by atoms with van der Waals surface area (Å²) in [6, 6.07) is 12.7. The van der Waals surface area contributed by atoms with E-state index in [1.807, 2.05) is 37.3 Å². The van der Waals surface area contributed by atoms with Crippen molar-refractivity contribution in [3.63, 3.8) is 0 Å². The van der Waals surface area contributed by atoms with E-state index < -0.39 is 0 Å². The third-order valence-electron chi connectivity index (χ3n) is 4.82. The van der Waals surface area contributed by atoms with Crippen LogP contribution in [0, 0.1) is 6.92 Å². The largest absolute Gasteiger partial charge is 0.496 e. The molecule has 0 unspecified atom stereocenters. The number of carbonyl (C=O) groups excluding carboxylic acids is 2. The van der Waals surface area contributed by atoms with Crippen LogP contribution in [0.25, 0.3) is 0 Å². The lowest BCUT2D eigenvalue weighted by Gasteiger charge is -2.35. The minimum Gasteiger partial charge on any atom is -0.496 e. The Morgan fingerprint density at radius 3 is 1.93 bits per heavy atom. The molecule has 1 fully saturated rings. The lowest BCUT2D eigenvalue weighted by Crippen LogP contribution is -2.50. The number of hydrogen-bond donors (Lipinski definition) is 0. The monoisotopic (exact) mass is 368 g/mol. The third kappa shape index (κ3) is 3.89. The summed E-state index contributed by atoms with van der Waals surface area (Å²) < 4.78 is 10.7. The molecular weight excluding hydrogens is 344 g/mol. The van der Waals surface area contributed by atoms with Crippen molar-refractivity contribution in [1.82, 2.24) is 9.80 Å². The third-order valence-corrected chi connectivity index (χ3v) is 4.82. The Hall–Kier alpha value is -3.02. The number of piperazine rings is 1. The number of ether oxygens (including phenoxy) is 2. The van der Waals surface area contributed by atoms with E-state index >= 15 is 0 Å². The number of amides is 2. The molecule has 0 aromatic heterocycles. The van der Waals surface area contributed by atoms with Crippen LogP contribution in [0.15, 0.2) is 42.5 Å². The summed E-state index contributed by atoms with van der Waals surface area (Å²) in [5, 5.41) is 0. The second kappa shape index (κ2) is 8.12. The number of benzene rings is 2. The fourth-order valence-electron chi connectivity index (χ4n) is 3.26. The minimum atomic E-state index is -0.114. The standard InChI is InChI=1S/C21H24N2O4/c1-15-13-19(27-3)17(14-18(15)26-2)21(25)23-11-9-22(10-12-23)20(24)16-7-5-4-6-8-16/h4-8,13-14H,9-12H2,1-3H3. The molecule has 0 radical (unpaired) electrons. The van der Waals surface area contributed by atoms with Crippen molar-refractivity contribution in [3.05, 3.63) is 59.2 Å². The molecule has 6 nitrogen and oxygen atoms in total. The van der Waals surface area contributed by atoms with E-state index in [0.717, 1.165) is 5.56 Å². The van der Waals surface area contributed by atoms with E-state index in [1.165, 1.54) is 0 Å². The van der Waals surface area contributed by atoms with E-state index in [4.69, 9.17) is 9.47 Å². The van der Waals surface area contributed by atoms with Crippen molar-refractivity contribution >= 4 is 11.8 Å². The van der Waals surface area contributed by atoms with Gasteiger partial charge in [-0.05, 0) is 36.8 Å². The zero-order valence-electron chi connectivity index (χ0n) is 15.9. The Kier molecular flexibility index (Phi) is 5.64. The van der Waals surface area contributed by atoms with Crippen molar-refractivity contribution in [2.75, 3.05) is 40.4 Å². The molecule has 2 aromatic carbocycles. The second-order valence-electron chi connectivity index (χ2n) is 6.47. The van der Waals surface area contributed by atoms with Crippen LogP contribution in [0.5, 0.6) is 11.5 Å². The van der Waals surface area contributed by atoms with Gasteiger partial charge >= 0.3 is 0 Å². The fraction of sp³-hybridized carbons (Fsp3) is 0.333. The first-order valence-corrected chi connectivity index (χ1v) is 8.91. The highest BCUT2D eigenvalue weighted by Gasteiger charge is 2.27. The Morgan fingerprint density at radius 2 is 1.37 bits per heavy atom. The van der Waals surface area contributed by atoms with Crippen LogP contribution in [0.1, 0.15) is 26.3 Å². The molecule has 1 aliphatic heterocycles. The van der Waals surface area contributed by atoms with Crippen molar-refractivity contribution < 1.29 is 19.1 Å². The maximum atomic E-state index is 13.0. The van der Waals surface area contributed by atoms with Gasteiger partial charge in [-0.2, -0.15) is 0 Å². The molecule has 6 heteroatoms. The van der Waals surface area contributed by atoms with Gasteiger partial charge in [0.15, 0.2) is 0 Å². The summed E-state index contributed by atoms with van der Waals surface area (Å²) in [6.07, 6.45) is 0. The van der Waals surface area contributed by atoms with Gasteiger partial charge in [0.1, 0.15) is 11.5 Å². The van der Waals surface area contributed by atoms with Gasteiger partial charge in [-0.1, -0.05) is 18.2 Å². The highest BCUT2D eigenvalue weighted by atomic mass is 16.5. The van der Waals surface area contributed by atoms with Gasteiger partial charge in [0.05, 0.1) is 19.8 Å². The smallest absolute Gasteiger partial charge is 0.257 e.